The Hall–Kier alpha value is -3.26. The number of hydrogen-bond acceptors (Lipinski definition) is 7. The zero-order chi connectivity index (χ0) is 21.6. The van der Waals surface area contributed by atoms with Crippen LogP contribution in [-0.2, 0) is 17.8 Å². The molecular formula is C23H26N4O4. The molecule has 0 saturated carbocycles. The van der Waals surface area contributed by atoms with E-state index in [9.17, 15) is 4.79 Å². The summed E-state index contributed by atoms with van der Waals surface area (Å²) in [5.41, 5.74) is 3.91. The molecule has 1 aliphatic rings. The average Bonchev–Trinajstić information content (AvgIpc) is 3.22. The standard InChI is InChI=1S/C23H26N4O4/c1-3-20-19(22(27-31-20)16-5-4-15(2)24-12-16)14-30-21-7-6-17(13-25-21)23(28)26-18-8-10-29-11-9-18/h4-7,12-13,18H,3,8-11,14H2,1-2H3,(H,26,28). The number of aromatic nitrogens is 3. The van der Waals surface area contributed by atoms with E-state index in [1.54, 1.807) is 18.3 Å². The van der Waals surface area contributed by atoms with Gasteiger partial charge in [-0.25, -0.2) is 4.98 Å². The number of aryl methyl sites for hydroxylation is 2. The Bertz CT molecular complexity index is 1010. The van der Waals surface area contributed by atoms with Crippen molar-refractivity contribution in [1.82, 2.24) is 20.4 Å². The van der Waals surface area contributed by atoms with Crippen LogP contribution >= 0.6 is 0 Å². The lowest BCUT2D eigenvalue weighted by molar-refractivity contribution is 0.0696. The first-order valence-electron chi connectivity index (χ1n) is 10.5. The molecule has 4 heterocycles. The number of carbonyl (C=O) groups excluding carboxylic acids is 1. The molecule has 4 rings (SSSR count). The van der Waals surface area contributed by atoms with E-state index in [2.05, 4.69) is 20.4 Å². The van der Waals surface area contributed by atoms with Crippen LogP contribution in [0.3, 0.4) is 0 Å². The topological polar surface area (TPSA) is 99.4 Å². The molecule has 1 aliphatic heterocycles. The van der Waals surface area contributed by atoms with Crippen molar-refractivity contribution >= 4 is 5.91 Å². The van der Waals surface area contributed by atoms with Crippen LogP contribution < -0.4 is 10.1 Å². The highest BCUT2D eigenvalue weighted by atomic mass is 16.5. The minimum absolute atomic E-state index is 0.132. The first kappa shape index (κ1) is 21.0. The molecule has 1 amide bonds. The number of carbonyl (C=O) groups is 1. The quantitative estimate of drug-likeness (QED) is 0.622. The Morgan fingerprint density at radius 3 is 2.68 bits per heavy atom. The van der Waals surface area contributed by atoms with E-state index in [0.29, 0.717) is 31.1 Å². The van der Waals surface area contributed by atoms with Crippen molar-refractivity contribution in [2.45, 2.75) is 45.8 Å². The maximum absolute atomic E-state index is 12.4. The highest BCUT2D eigenvalue weighted by Gasteiger charge is 2.19. The zero-order valence-corrected chi connectivity index (χ0v) is 17.8. The van der Waals surface area contributed by atoms with Gasteiger partial charge in [0.25, 0.3) is 5.91 Å². The van der Waals surface area contributed by atoms with Crippen molar-refractivity contribution in [3.05, 3.63) is 59.2 Å². The first-order chi connectivity index (χ1) is 15.1. The number of amides is 1. The van der Waals surface area contributed by atoms with E-state index < -0.39 is 0 Å². The molecule has 0 radical (unpaired) electrons. The number of nitrogens with one attached hydrogen (secondary N) is 1. The highest BCUT2D eigenvalue weighted by Crippen LogP contribution is 2.27. The van der Waals surface area contributed by atoms with Gasteiger partial charge in [-0.15, -0.1) is 0 Å². The van der Waals surface area contributed by atoms with Crippen LogP contribution in [0.4, 0.5) is 0 Å². The first-order valence-corrected chi connectivity index (χ1v) is 10.5. The number of ether oxygens (including phenoxy) is 2. The molecule has 162 valence electrons. The molecule has 0 spiro atoms. The minimum Gasteiger partial charge on any atom is -0.473 e. The lowest BCUT2D eigenvalue weighted by Gasteiger charge is -2.23. The third-order valence-corrected chi connectivity index (χ3v) is 5.29. The summed E-state index contributed by atoms with van der Waals surface area (Å²) >= 11 is 0. The Morgan fingerprint density at radius 2 is 2.00 bits per heavy atom. The zero-order valence-electron chi connectivity index (χ0n) is 17.8. The fourth-order valence-electron chi connectivity index (χ4n) is 3.46. The summed E-state index contributed by atoms with van der Waals surface area (Å²) in [6, 6.07) is 7.47. The van der Waals surface area contributed by atoms with Crippen molar-refractivity contribution in [3.8, 4) is 17.1 Å². The largest absolute Gasteiger partial charge is 0.473 e. The van der Waals surface area contributed by atoms with E-state index >= 15 is 0 Å². The summed E-state index contributed by atoms with van der Waals surface area (Å²) in [7, 11) is 0. The van der Waals surface area contributed by atoms with Gasteiger partial charge in [0.2, 0.25) is 5.88 Å². The Morgan fingerprint density at radius 1 is 1.16 bits per heavy atom. The van der Waals surface area contributed by atoms with Crippen molar-refractivity contribution < 1.29 is 18.8 Å². The number of rotatable bonds is 7. The van der Waals surface area contributed by atoms with Gasteiger partial charge in [-0.3, -0.25) is 9.78 Å². The van der Waals surface area contributed by atoms with Gasteiger partial charge in [0.05, 0.1) is 11.1 Å². The third kappa shape index (κ3) is 5.08. The Balaban J connectivity index is 1.42. The van der Waals surface area contributed by atoms with Crippen molar-refractivity contribution in [2.24, 2.45) is 0 Å². The summed E-state index contributed by atoms with van der Waals surface area (Å²) in [4.78, 5) is 21.0. The summed E-state index contributed by atoms with van der Waals surface area (Å²) in [5.74, 6) is 1.06. The molecule has 3 aromatic heterocycles. The number of nitrogens with zero attached hydrogens (tertiary/aromatic N) is 3. The second kappa shape index (κ2) is 9.70. The summed E-state index contributed by atoms with van der Waals surface area (Å²) in [6.07, 6.45) is 5.67. The van der Waals surface area contributed by atoms with Crippen LogP contribution in [0.2, 0.25) is 0 Å². The predicted octanol–water partition coefficient (Wildman–Crippen LogP) is 3.49. The normalized spacial score (nSPS) is 14.4. The third-order valence-electron chi connectivity index (χ3n) is 5.29. The van der Waals surface area contributed by atoms with E-state index in [1.165, 1.54) is 6.20 Å². The monoisotopic (exact) mass is 422 g/mol. The molecule has 1 fully saturated rings. The number of pyridine rings is 2. The van der Waals surface area contributed by atoms with Crippen molar-refractivity contribution in [3.63, 3.8) is 0 Å². The van der Waals surface area contributed by atoms with Gasteiger partial charge in [-0.05, 0) is 38.0 Å². The van der Waals surface area contributed by atoms with Crippen LogP contribution in [0, 0.1) is 6.92 Å². The van der Waals surface area contributed by atoms with Gasteiger partial charge in [-0.2, -0.15) is 0 Å². The SMILES string of the molecule is CCc1onc(-c2ccc(C)nc2)c1COc1ccc(C(=O)NC2CCOCC2)cn1. The molecule has 8 nitrogen and oxygen atoms in total. The Kier molecular flexibility index (Phi) is 6.57. The second-order valence-corrected chi connectivity index (χ2v) is 7.51. The Labute approximate surface area is 181 Å². The molecule has 0 unspecified atom stereocenters. The maximum Gasteiger partial charge on any atom is 0.253 e. The van der Waals surface area contributed by atoms with Gasteiger partial charge in [0, 0.05) is 55.4 Å². The van der Waals surface area contributed by atoms with E-state index in [4.69, 9.17) is 14.0 Å². The second-order valence-electron chi connectivity index (χ2n) is 7.51. The van der Waals surface area contributed by atoms with Gasteiger partial charge < -0.3 is 19.3 Å². The molecule has 0 aliphatic carbocycles. The lowest BCUT2D eigenvalue weighted by atomic mass is 10.1. The molecule has 31 heavy (non-hydrogen) atoms. The highest BCUT2D eigenvalue weighted by molar-refractivity contribution is 5.94. The van der Waals surface area contributed by atoms with Gasteiger partial charge in [0.1, 0.15) is 18.1 Å². The lowest BCUT2D eigenvalue weighted by Crippen LogP contribution is -2.38. The predicted molar refractivity (Wildman–Crippen MR) is 114 cm³/mol. The minimum atomic E-state index is -0.132. The van der Waals surface area contributed by atoms with Crippen LogP contribution in [-0.4, -0.2) is 40.3 Å². The van der Waals surface area contributed by atoms with Gasteiger partial charge >= 0.3 is 0 Å². The molecule has 0 atom stereocenters. The van der Waals surface area contributed by atoms with Crippen molar-refractivity contribution in [2.75, 3.05) is 13.2 Å². The fourth-order valence-corrected chi connectivity index (χ4v) is 3.46. The molecule has 1 N–H and O–H groups in total. The van der Waals surface area contributed by atoms with Gasteiger partial charge in [-0.1, -0.05) is 12.1 Å². The molecular weight excluding hydrogens is 396 g/mol. The molecule has 0 bridgehead atoms. The molecule has 8 heteroatoms. The van der Waals surface area contributed by atoms with E-state index in [1.807, 2.05) is 26.0 Å². The van der Waals surface area contributed by atoms with Crippen LogP contribution in [0.25, 0.3) is 11.3 Å². The van der Waals surface area contributed by atoms with Gasteiger partial charge in [0.15, 0.2) is 0 Å². The average molecular weight is 422 g/mol. The number of hydrogen-bond donors (Lipinski definition) is 1. The van der Waals surface area contributed by atoms with Crippen LogP contribution in [0.5, 0.6) is 5.88 Å². The fraction of sp³-hybridized carbons (Fsp3) is 0.391. The summed E-state index contributed by atoms with van der Waals surface area (Å²) < 4.78 is 16.7. The maximum atomic E-state index is 12.4. The van der Waals surface area contributed by atoms with E-state index in [0.717, 1.165) is 41.1 Å². The molecule has 1 saturated heterocycles. The van der Waals surface area contributed by atoms with Crippen LogP contribution in [0.15, 0.2) is 41.2 Å². The van der Waals surface area contributed by atoms with E-state index in [-0.39, 0.29) is 18.6 Å². The molecule has 0 aromatic carbocycles. The summed E-state index contributed by atoms with van der Waals surface area (Å²) in [6.45, 7) is 5.56. The van der Waals surface area contributed by atoms with Crippen LogP contribution in [0.1, 0.15) is 47.1 Å². The molecule has 3 aromatic rings. The summed E-state index contributed by atoms with van der Waals surface area (Å²) in [5, 5.41) is 7.24. The van der Waals surface area contributed by atoms with Crippen molar-refractivity contribution in [1.29, 1.82) is 0 Å². The smallest absolute Gasteiger partial charge is 0.253 e.